The Kier molecular flexibility index (Phi) is 3.23. The van der Waals surface area contributed by atoms with Gasteiger partial charge in [-0.15, -0.1) is 0 Å². The monoisotopic (exact) mass is 230 g/mol. The van der Waals surface area contributed by atoms with Crippen molar-refractivity contribution in [2.75, 3.05) is 6.61 Å². The Bertz CT molecular complexity index is 518. The Labute approximate surface area is 99.8 Å². The second-order valence-electron chi connectivity index (χ2n) is 3.90. The molecule has 0 aliphatic heterocycles. The van der Waals surface area contributed by atoms with Crippen LogP contribution in [-0.2, 0) is 0 Å². The third kappa shape index (κ3) is 2.72. The lowest BCUT2D eigenvalue weighted by Gasteiger charge is -2.09. The Hall–Kier alpha value is -2.10. The molecule has 0 spiro atoms. The molecule has 1 heterocycles. The van der Waals surface area contributed by atoms with Crippen LogP contribution in [0.3, 0.4) is 0 Å². The van der Waals surface area contributed by atoms with Crippen LogP contribution in [0.5, 0.6) is 5.75 Å². The fourth-order valence-corrected chi connectivity index (χ4v) is 1.48. The molecule has 1 aromatic heterocycles. The number of aromatic nitrogens is 2. The summed E-state index contributed by atoms with van der Waals surface area (Å²) in [6, 6.07) is 7.61. The van der Waals surface area contributed by atoms with Crippen molar-refractivity contribution in [3.8, 4) is 5.75 Å². The minimum absolute atomic E-state index is 0.00796. The van der Waals surface area contributed by atoms with Gasteiger partial charge in [0.15, 0.2) is 6.61 Å². The molecule has 0 radical (unpaired) electrons. The van der Waals surface area contributed by atoms with Gasteiger partial charge in [-0.1, -0.05) is 12.1 Å². The highest BCUT2D eigenvalue weighted by atomic mass is 16.5. The van der Waals surface area contributed by atoms with E-state index in [0.29, 0.717) is 0 Å². The maximum absolute atomic E-state index is 11.7. The summed E-state index contributed by atoms with van der Waals surface area (Å²) in [6.45, 7) is 3.93. The van der Waals surface area contributed by atoms with Crippen molar-refractivity contribution in [2.24, 2.45) is 0 Å². The van der Waals surface area contributed by atoms with Gasteiger partial charge in [0.25, 0.3) is 5.91 Å². The van der Waals surface area contributed by atoms with Crippen LogP contribution in [0.1, 0.15) is 15.9 Å². The van der Waals surface area contributed by atoms with Crippen LogP contribution in [0.2, 0.25) is 0 Å². The highest BCUT2D eigenvalue weighted by Crippen LogP contribution is 2.18. The fraction of sp³-hybridized carbons (Fsp3) is 0.231. The molecule has 0 saturated heterocycles. The van der Waals surface area contributed by atoms with Crippen molar-refractivity contribution < 1.29 is 9.53 Å². The first kappa shape index (κ1) is 11.4. The number of hydrogen-bond donors (Lipinski definition) is 0. The minimum atomic E-state index is -0.184. The van der Waals surface area contributed by atoms with E-state index in [0.717, 1.165) is 16.9 Å². The van der Waals surface area contributed by atoms with Crippen LogP contribution in [0, 0.1) is 13.8 Å². The van der Waals surface area contributed by atoms with Gasteiger partial charge in [0, 0.05) is 12.4 Å². The average molecular weight is 230 g/mol. The molecule has 0 aliphatic rings. The van der Waals surface area contributed by atoms with E-state index >= 15 is 0 Å². The Balaban J connectivity index is 2.03. The van der Waals surface area contributed by atoms with E-state index in [4.69, 9.17) is 4.74 Å². The van der Waals surface area contributed by atoms with E-state index in [2.05, 4.69) is 5.10 Å². The Morgan fingerprint density at radius 2 is 2.24 bits per heavy atom. The summed E-state index contributed by atoms with van der Waals surface area (Å²) >= 11 is 0. The number of carbonyl (C=O) groups excluding carboxylic acids is 1. The van der Waals surface area contributed by atoms with Crippen molar-refractivity contribution in [1.29, 1.82) is 0 Å². The molecule has 0 bridgehead atoms. The van der Waals surface area contributed by atoms with Gasteiger partial charge in [0.2, 0.25) is 0 Å². The molecular formula is C13H14N2O2. The number of benzene rings is 1. The topological polar surface area (TPSA) is 44.1 Å². The van der Waals surface area contributed by atoms with Gasteiger partial charge < -0.3 is 4.74 Å². The third-order valence-electron chi connectivity index (χ3n) is 2.45. The number of aryl methyl sites for hydroxylation is 2. The summed E-state index contributed by atoms with van der Waals surface area (Å²) in [5.41, 5.74) is 2.13. The van der Waals surface area contributed by atoms with Gasteiger partial charge in [-0.3, -0.25) is 4.79 Å². The van der Waals surface area contributed by atoms with Gasteiger partial charge in [-0.05, 0) is 37.1 Å². The molecule has 2 rings (SSSR count). The van der Waals surface area contributed by atoms with Gasteiger partial charge in [-0.2, -0.15) is 5.10 Å². The third-order valence-corrected chi connectivity index (χ3v) is 2.45. The lowest BCUT2D eigenvalue weighted by atomic mass is 10.1. The summed E-state index contributed by atoms with van der Waals surface area (Å²) in [5, 5.41) is 3.86. The molecule has 0 unspecified atom stereocenters. The van der Waals surface area contributed by atoms with Gasteiger partial charge in [0.1, 0.15) is 5.75 Å². The van der Waals surface area contributed by atoms with E-state index in [1.165, 1.54) is 4.68 Å². The normalized spacial score (nSPS) is 10.2. The number of ether oxygens (including phenoxy) is 1. The molecule has 0 atom stereocenters. The summed E-state index contributed by atoms with van der Waals surface area (Å²) in [6.07, 6.45) is 3.17. The molecule has 0 saturated carbocycles. The zero-order chi connectivity index (χ0) is 12.3. The zero-order valence-corrected chi connectivity index (χ0v) is 9.88. The van der Waals surface area contributed by atoms with Crippen molar-refractivity contribution in [3.05, 3.63) is 47.8 Å². The molecule has 0 amide bonds. The van der Waals surface area contributed by atoms with Gasteiger partial charge in [0.05, 0.1) is 0 Å². The molecule has 1 aromatic carbocycles. The highest BCUT2D eigenvalue weighted by molar-refractivity contribution is 5.79. The van der Waals surface area contributed by atoms with E-state index < -0.39 is 0 Å². The number of carbonyl (C=O) groups is 1. The summed E-state index contributed by atoms with van der Waals surface area (Å²) in [5.74, 6) is 0.557. The second-order valence-corrected chi connectivity index (χ2v) is 3.90. The summed E-state index contributed by atoms with van der Waals surface area (Å²) < 4.78 is 6.76. The fourth-order valence-electron chi connectivity index (χ4n) is 1.48. The van der Waals surface area contributed by atoms with E-state index in [9.17, 15) is 4.79 Å². The van der Waals surface area contributed by atoms with E-state index in [-0.39, 0.29) is 12.5 Å². The van der Waals surface area contributed by atoms with Crippen LogP contribution in [-0.4, -0.2) is 22.3 Å². The molecular weight excluding hydrogens is 216 g/mol. The molecule has 0 fully saturated rings. The van der Waals surface area contributed by atoms with Crippen LogP contribution in [0.25, 0.3) is 0 Å². The van der Waals surface area contributed by atoms with Crippen molar-refractivity contribution in [1.82, 2.24) is 9.78 Å². The molecule has 4 nitrogen and oxygen atoms in total. The van der Waals surface area contributed by atoms with E-state index in [1.54, 1.807) is 18.5 Å². The molecule has 4 heteroatoms. The first-order valence-electron chi connectivity index (χ1n) is 5.40. The highest BCUT2D eigenvalue weighted by Gasteiger charge is 2.07. The maximum atomic E-state index is 11.7. The van der Waals surface area contributed by atoms with Gasteiger partial charge in [-0.25, -0.2) is 4.68 Å². The molecule has 0 aliphatic carbocycles. The van der Waals surface area contributed by atoms with Gasteiger partial charge >= 0.3 is 0 Å². The first-order chi connectivity index (χ1) is 8.16. The SMILES string of the molecule is Cc1ccc(C)c(OCC(=O)n2cccn2)c1. The minimum Gasteiger partial charge on any atom is -0.483 e. The smallest absolute Gasteiger partial charge is 0.284 e. The largest absolute Gasteiger partial charge is 0.483 e. The molecule has 0 N–H and O–H groups in total. The number of nitrogens with zero attached hydrogens (tertiary/aromatic N) is 2. The molecule has 17 heavy (non-hydrogen) atoms. The van der Waals surface area contributed by atoms with Crippen molar-refractivity contribution >= 4 is 5.91 Å². The summed E-state index contributed by atoms with van der Waals surface area (Å²) in [4.78, 5) is 11.7. The summed E-state index contributed by atoms with van der Waals surface area (Å²) in [7, 11) is 0. The lowest BCUT2D eigenvalue weighted by Crippen LogP contribution is -2.19. The second kappa shape index (κ2) is 4.82. The zero-order valence-electron chi connectivity index (χ0n) is 9.88. The van der Waals surface area contributed by atoms with Crippen molar-refractivity contribution in [3.63, 3.8) is 0 Å². The Morgan fingerprint density at radius 1 is 1.41 bits per heavy atom. The predicted octanol–water partition coefficient (Wildman–Crippen LogP) is 2.22. The molecule has 88 valence electrons. The Morgan fingerprint density at radius 3 is 2.94 bits per heavy atom. The number of rotatable bonds is 3. The quantitative estimate of drug-likeness (QED) is 0.812. The number of hydrogen-bond acceptors (Lipinski definition) is 3. The van der Waals surface area contributed by atoms with E-state index in [1.807, 2.05) is 32.0 Å². The first-order valence-corrected chi connectivity index (χ1v) is 5.40. The standard InChI is InChI=1S/C13H14N2O2/c1-10-4-5-11(2)12(8-10)17-9-13(16)15-7-3-6-14-15/h3-8H,9H2,1-2H3. The van der Waals surface area contributed by atoms with Crippen LogP contribution in [0.4, 0.5) is 0 Å². The lowest BCUT2D eigenvalue weighted by molar-refractivity contribution is 0.0820. The predicted molar refractivity (Wildman–Crippen MR) is 64.3 cm³/mol. The average Bonchev–Trinajstić information content (AvgIpc) is 2.83. The van der Waals surface area contributed by atoms with Crippen LogP contribution in [0.15, 0.2) is 36.7 Å². The molecule has 2 aromatic rings. The van der Waals surface area contributed by atoms with Crippen LogP contribution >= 0.6 is 0 Å². The maximum Gasteiger partial charge on any atom is 0.284 e. The van der Waals surface area contributed by atoms with Crippen LogP contribution < -0.4 is 4.74 Å². The van der Waals surface area contributed by atoms with Crippen molar-refractivity contribution in [2.45, 2.75) is 13.8 Å².